The van der Waals surface area contributed by atoms with E-state index in [9.17, 15) is 9.59 Å². The summed E-state index contributed by atoms with van der Waals surface area (Å²) in [5.74, 6) is 0.673. The Labute approximate surface area is 149 Å². The van der Waals surface area contributed by atoms with Gasteiger partial charge in [0.15, 0.2) is 0 Å². The summed E-state index contributed by atoms with van der Waals surface area (Å²) in [6.07, 6.45) is 10.1. The van der Waals surface area contributed by atoms with Gasteiger partial charge in [0.25, 0.3) is 5.91 Å². The van der Waals surface area contributed by atoms with Gasteiger partial charge in [-0.25, -0.2) is 4.98 Å². The van der Waals surface area contributed by atoms with Crippen molar-refractivity contribution >= 4 is 17.6 Å². The van der Waals surface area contributed by atoms with Crippen LogP contribution in [0.5, 0.6) is 0 Å². The molecule has 25 heavy (non-hydrogen) atoms. The highest BCUT2D eigenvalue weighted by molar-refractivity contribution is 5.98. The largest absolute Gasteiger partial charge is 0.369 e. The number of carbonyl (C=O) groups excluding carboxylic acids is 2. The number of nitrogens with zero attached hydrogens (tertiary/aromatic N) is 2. The maximum Gasteiger partial charge on any atom is 0.257 e. The monoisotopic (exact) mass is 344 g/mol. The number of likely N-dealkylation sites (tertiary alicyclic amines) is 1. The molecule has 0 bridgehead atoms. The number of carbonyl (C=O) groups is 2. The van der Waals surface area contributed by atoms with Crippen molar-refractivity contribution in [3.63, 3.8) is 0 Å². The summed E-state index contributed by atoms with van der Waals surface area (Å²) < 4.78 is 0. The molecule has 0 atom stereocenters. The van der Waals surface area contributed by atoms with E-state index in [0.717, 1.165) is 38.8 Å². The summed E-state index contributed by atoms with van der Waals surface area (Å²) in [6, 6.07) is 3.92. The fourth-order valence-corrected chi connectivity index (χ4v) is 3.65. The first kappa shape index (κ1) is 17.7. The first-order chi connectivity index (χ1) is 12.2. The Morgan fingerprint density at radius 1 is 1.12 bits per heavy atom. The molecule has 0 spiro atoms. The van der Waals surface area contributed by atoms with Crippen LogP contribution in [0.4, 0.5) is 5.82 Å². The van der Waals surface area contributed by atoms with Crippen LogP contribution in [-0.4, -0.2) is 47.4 Å². The number of anilines is 1. The normalized spacial score (nSPS) is 18.2. The van der Waals surface area contributed by atoms with E-state index < -0.39 is 0 Å². The van der Waals surface area contributed by atoms with Crippen LogP contribution in [0.15, 0.2) is 18.3 Å². The van der Waals surface area contributed by atoms with Gasteiger partial charge < -0.3 is 15.5 Å². The molecule has 136 valence electrons. The lowest BCUT2D eigenvalue weighted by Crippen LogP contribution is -2.37. The molecule has 6 nitrogen and oxygen atoms in total. The molecule has 1 saturated carbocycles. The minimum Gasteiger partial charge on any atom is -0.369 e. The van der Waals surface area contributed by atoms with Crippen molar-refractivity contribution in [2.45, 2.75) is 57.4 Å². The van der Waals surface area contributed by atoms with E-state index >= 15 is 0 Å². The van der Waals surface area contributed by atoms with Gasteiger partial charge in [0, 0.05) is 38.3 Å². The third kappa shape index (κ3) is 4.94. The Hall–Kier alpha value is -2.11. The molecule has 2 fully saturated rings. The highest BCUT2D eigenvalue weighted by atomic mass is 16.2. The minimum atomic E-state index is 0.0276. The smallest absolute Gasteiger partial charge is 0.257 e. The Bertz CT molecular complexity index is 593. The third-order valence-electron chi connectivity index (χ3n) is 5.05. The topological polar surface area (TPSA) is 74.3 Å². The predicted octanol–water partition coefficient (Wildman–Crippen LogP) is 2.57. The van der Waals surface area contributed by atoms with Crippen molar-refractivity contribution in [1.29, 1.82) is 0 Å². The third-order valence-corrected chi connectivity index (χ3v) is 5.05. The molecular weight excluding hydrogens is 316 g/mol. The Kier molecular flexibility index (Phi) is 6.25. The van der Waals surface area contributed by atoms with Crippen molar-refractivity contribution < 1.29 is 9.59 Å². The van der Waals surface area contributed by atoms with Crippen molar-refractivity contribution in [3.05, 3.63) is 23.9 Å². The molecule has 2 amide bonds. The molecule has 3 rings (SSSR count). The summed E-state index contributed by atoms with van der Waals surface area (Å²) >= 11 is 0. The average molecular weight is 344 g/mol. The molecule has 1 aliphatic heterocycles. The summed E-state index contributed by atoms with van der Waals surface area (Å²) in [7, 11) is 0. The molecule has 6 heteroatoms. The number of hydrogen-bond acceptors (Lipinski definition) is 4. The van der Waals surface area contributed by atoms with Crippen molar-refractivity contribution in [2.75, 3.05) is 25.0 Å². The first-order valence-electron chi connectivity index (χ1n) is 9.51. The van der Waals surface area contributed by atoms with Crippen LogP contribution in [0.1, 0.15) is 61.7 Å². The van der Waals surface area contributed by atoms with Gasteiger partial charge in [-0.1, -0.05) is 19.3 Å². The second-order valence-electron chi connectivity index (χ2n) is 6.98. The van der Waals surface area contributed by atoms with Gasteiger partial charge in [-0.3, -0.25) is 9.59 Å². The van der Waals surface area contributed by atoms with Gasteiger partial charge in [-0.2, -0.15) is 0 Å². The fraction of sp³-hybridized carbons (Fsp3) is 0.632. The summed E-state index contributed by atoms with van der Waals surface area (Å²) in [4.78, 5) is 30.8. The SMILES string of the molecule is O=C(CCNc1ncccc1C(=O)N1CCCC1)NC1CCCCC1. The number of nitrogens with one attached hydrogen (secondary N) is 2. The van der Waals surface area contributed by atoms with Crippen LogP contribution in [0.25, 0.3) is 0 Å². The van der Waals surface area contributed by atoms with Gasteiger partial charge in [0.05, 0.1) is 5.56 Å². The lowest BCUT2D eigenvalue weighted by atomic mass is 9.95. The number of amides is 2. The van der Waals surface area contributed by atoms with Crippen LogP contribution in [-0.2, 0) is 4.79 Å². The van der Waals surface area contributed by atoms with E-state index in [2.05, 4.69) is 15.6 Å². The lowest BCUT2D eigenvalue weighted by Gasteiger charge is -2.22. The summed E-state index contributed by atoms with van der Waals surface area (Å²) in [5.41, 5.74) is 0.595. The number of pyridine rings is 1. The summed E-state index contributed by atoms with van der Waals surface area (Å²) in [5, 5.41) is 6.28. The zero-order chi connectivity index (χ0) is 17.5. The van der Waals surface area contributed by atoms with E-state index in [1.165, 1.54) is 19.3 Å². The van der Waals surface area contributed by atoms with Crippen LogP contribution >= 0.6 is 0 Å². The maximum absolute atomic E-state index is 12.6. The maximum atomic E-state index is 12.6. The molecule has 2 N–H and O–H groups in total. The molecular formula is C19H28N4O2. The standard InChI is InChI=1S/C19H28N4O2/c24-17(22-15-7-2-1-3-8-15)10-12-21-18-16(9-6-11-20-18)19(25)23-13-4-5-14-23/h6,9,11,15H,1-5,7-8,10,12-14H2,(H,20,21)(H,22,24). The molecule has 1 aromatic heterocycles. The fourth-order valence-electron chi connectivity index (χ4n) is 3.65. The van der Waals surface area contributed by atoms with Crippen molar-refractivity contribution in [1.82, 2.24) is 15.2 Å². The highest BCUT2D eigenvalue weighted by Crippen LogP contribution is 2.19. The lowest BCUT2D eigenvalue weighted by molar-refractivity contribution is -0.121. The Morgan fingerprint density at radius 2 is 1.88 bits per heavy atom. The molecule has 0 unspecified atom stereocenters. The first-order valence-corrected chi connectivity index (χ1v) is 9.51. The Morgan fingerprint density at radius 3 is 2.64 bits per heavy atom. The Balaban J connectivity index is 1.49. The second kappa shape index (κ2) is 8.83. The van der Waals surface area contributed by atoms with Gasteiger partial charge in [-0.15, -0.1) is 0 Å². The van der Waals surface area contributed by atoms with Gasteiger partial charge >= 0.3 is 0 Å². The van der Waals surface area contributed by atoms with E-state index in [1.807, 2.05) is 4.90 Å². The van der Waals surface area contributed by atoms with Crippen LogP contribution in [0, 0.1) is 0 Å². The number of hydrogen-bond donors (Lipinski definition) is 2. The molecule has 0 radical (unpaired) electrons. The number of aromatic nitrogens is 1. The van der Waals surface area contributed by atoms with Crippen molar-refractivity contribution in [3.8, 4) is 0 Å². The van der Waals surface area contributed by atoms with E-state index in [-0.39, 0.29) is 11.8 Å². The van der Waals surface area contributed by atoms with Gasteiger partial charge in [0.2, 0.25) is 5.91 Å². The van der Waals surface area contributed by atoms with E-state index in [0.29, 0.717) is 30.4 Å². The zero-order valence-corrected chi connectivity index (χ0v) is 14.8. The van der Waals surface area contributed by atoms with Gasteiger partial charge in [-0.05, 0) is 37.8 Å². The molecule has 1 aromatic rings. The molecule has 2 aliphatic rings. The zero-order valence-electron chi connectivity index (χ0n) is 14.8. The van der Waals surface area contributed by atoms with E-state index in [4.69, 9.17) is 0 Å². The molecule has 1 saturated heterocycles. The average Bonchev–Trinajstić information content (AvgIpc) is 3.17. The minimum absolute atomic E-state index is 0.0276. The predicted molar refractivity (Wildman–Crippen MR) is 97.5 cm³/mol. The summed E-state index contributed by atoms with van der Waals surface area (Å²) in [6.45, 7) is 2.11. The van der Waals surface area contributed by atoms with Crippen LogP contribution in [0.2, 0.25) is 0 Å². The highest BCUT2D eigenvalue weighted by Gasteiger charge is 2.22. The van der Waals surface area contributed by atoms with Crippen LogP contribution < -0.4 is 10.6 Å². The molecule has 0 aromatic carbocycles. The molecule has 2 heterocycles. The van der Waals surface area contributed by atoms with Crippen molar-refractivity contribution in [2.24, 2.45) is 0 Å². The van der Waals surface area contributed by atoms with E-state index in [1.54, 1.807) is 18.3 Å². The van der Waals surface area contributed by atoms with Gasteiger partial charge in [0.1, 0.15) is 5.82 Å². The number of rotatable bonds is 6. The quantitative estimate of drug-likeness (QED) is 0.832. The molecule has 1 aliphatic carbocycles. The van der Waals surface area contributed by atoms with Crippen LogP contribution in [0.3, 0.4) is 0 Å². The second-order valence-corrected chi connectivity index (χ2v) is 6.98.